The van der Waals surface area contributed by atoms with Gasteiger partial charge in [0.05, 0.1) is 17.2 Å². The summed E-state index contributed by atoms with van der Waals surface area (Å²) in [5.74, 6) is 1.48. The number of fused-ring (bicyclic) bond motifs is 1. The maximum absolute atomic E-state index is 6.11. The minimum atomic E-state index is 0.134. The van der Waals surface area contributed by atoms with Gasteiger partial charge < -0.3 is 5.32 Å². The zero-order valence-corrected chi connectivity index (χ0v) is 12.2. The van der Waals surface area contributed by atoms with Crippen molar-refractivity contribution in [2.75, 3.05) is 17.7 Å². The van der Waals surface area contributed by atoms with Crippen molar-refractivity contribution < 1.29 is 0 Å². The normalized spacial score (nSPS) is 11.7. The summed E-state index contributed by atoms with van der Waals surface area (Å²) >= 11 is 6.11. The van der Waals surface area contributed by atoms with Gasteiger partial charge in [-0.25, -0.2) is 4.98 Å². The maximum Gasteiger partial charge on any atom is 0.145 e. The van der Waals surface area contributed by atoms with Gasteiger partial charge in [0.1, 0.15) is 5.82 Å². The second kappa shape index (κ2) is 6.20. The number of nitrogens with zero attached hydrogens (tertiary/aromatic N) is 2. The minimum absolute atomic E-state index is 0.134. The Hall–Kier alpha value is -1.35. The fourth-order valence-electron chi connectivity index (χ4n) is 2.06. The Morgan fingerprint density at radius 3 is 2.47 bits per heavy atom. The molecule has 0 aliphatic heterocycles. The summed E-state index contributed by atoms with van der Waals surface area (Å²) in [6.07, 6.45) is 3.90. The molecule has 0 aliphatic carbocycles. The highest BCUT2D eigenvalue weighted by Crippen LogP contribution is 2.28. The molecule has 0 fully saturated rings. The zero-order valence-electron chi connectivity index (χ0n) is 11.5. The molecule has 0 spiro atoms. The Bertz CT molecular complexity index is 529. The Morgan fingerprint density at radius 2 is 1.84 bits per heavy atom. The molecule has 0 aliphatic rings. The van der Waals surface area contributed by atoms with E-state index in [-0.39, 0.29) is 5.41 Å². The molecule has 0 saturated heterocycles. The highest BCUT2D eigenvalue weighted by atomic mass is 35.5. The monoisotopic (exact) mass is 277 g/mol. The van der Waals surface area contributed by atoms with Crippen molar-refractivity contribution >= 4 is 28.5 Å². The highest BCUT2D eigenvalue weighted by molar-refractivity contribution is 6.18. The van der Waals surface area contributed by atoms with Gasteiger partial charge in [-0.3, -0.25) is 4.98 Å². The van der Waals surface area contributed by atoms with E-state index in [2.05, 4.69) is 29.1 Å². The third-order valence-electron chi connectivity index (χ3n) is 3.88. The molecule has 0 atom stereocenters. The van der Waals surface area contributed by atoms with Gasteiger partial charge in [-0.2, -0.15) is 0 Å². The number of hydrogen-bond acceptors (Lipinski definition) is 3. The average molecular weight is 278 g/mol. The van der Waals surface area contributed by atoms with Crippen molar-refractivity contribution in [1.29, 1.82) is 0 Å². The van der Waals surface area contributed by atoms with E-state index in [9.17, 15) is 0 Å². The third kappa shape index (κ3) is 3.16. The summed E-state index contributed by atoms with van der Waals surface area (Å²) in [5, 5.41) is 3.37. The van der Waals surface area contributed by atoms with Crippen LogP contribution in [-0.4, -0.2) is 22.4 Å². The topological polar surface area (TPSA) is 37.8 Å². The fourth-order valence-corrected chi connectivity index (χ4v) is 2.53. The summed E-state index contributed by atoms with van der Waals surface area (Å²) in [4.78, 5) is 8.97. The molecule has 4 heteroatoms. The van der Waals surface area contributed by atoms with Crippen LogP contribution in [0.2, 0.25) is 0 Å². The zero-order chi connectivity index (χ0) is 13.7. The van der Waals surface area contributed by atoms with Gasteiger partial charge in [-0.05, 0) is 25.0 Å². The third-order valence-corrected chi connectivity index (χ3v) is 4.44. The Balaban J connectivity index is 2.13. The Morgan fingerprint density at radius 1 is 1.16 bits per heavy atom. The van der Waals surface area contributed by atoms with Crippen LogP contribution >= 0.6 is 11.6 Å². The van der Waals surface area contributed by atoms with Gasteiger partial charge in [0.2, 0.25) is 0 Å². The molecule has 0 saturated carbocycles. The van der Waals surface area contributed by atoms with Gasteiger partial charge in [-0.15, -0.1) is 11.6 Å². The van der Waals surface area contributed by atoms with Gasteiger partial charge >= 0.3 is 0 Å². The first kappa shape index (κ1) is 14.1. The summed E-state index contributed by atoms with van der Waals surface area (Å²) in [7, 11) is 0. The van der Waals surface area contributed by atoms with Crippen LogP contribution in [0.1, 0.15) is 26.7 Å². The summed E-state index contributed by atoms with van der Waals surface area (Å²) in [6.45, 7) is 5.19. The lowest BCUT2D eigenvalue weighted by atomic mass is 9.84. The standard InChI is InChI=1S/C15H20ClN3/c1-3-15(4-2,10-16)11-18-14-9-17-12-7-5-6-8-13(12)19-14/h5-9H,3-4,10-11H2,1-2H3,(H,18,19). The molecule has 0 amide bonds. The average Bonchev–Trinajstić information content (AvgIpc) is 2.49. The SMILES string of the molecule is CCC(CC)(CCl)CNc1cnc2ccccc2n1. The molecule has 1 heterocycles. The van der Waals surface area contributed by atoms with E-state index in [1.54, 1.807) is 6.20 Å². The molecule has 0 bridgehead atoms. The number of alkyl halides is 1. The number of anilines is 1. The lowest BCUT2D eigenvalue weighted by molar-refractivity contribution is 0.326. The quantitative estimate of drug-likeness (QED) is 0.808. The largest absolute Gasteiger partial charge is 0.368 e. The van der Waals surface area contributed by atoms with Crippen LogP contribution in [0, 0.1) is 5.41 Å². The van der Waals surface area contributed by atoms with Gasteiger partial charge in [0.15, 0.2) is 0 Å². The van der Waals surface area contributed by atoms with Crippen molar-refractivity contribution in [3.05, 3.63) is 30.5 Å². The molecule has 0 unspecified atom stereocenters. The molecule has 2 aromatic rings. The molecule has 1 aromatic heterocycles. The van der Waals surface area contributed by atoms with Crippen molar-refractivity contribution in [1.82, 2.24) is 9.97 Å². The van der Waals surface area contributed by atoms with Crippen LogP contribution in [0.5, 0.6) is 0 Å². The van der Waals surface area contributed by atoms with Crippen LogP contribution < -0.4 is 5.32 Å². The summed E-state index contributed by atoms with van der Waals surface area (Å²) in [5.41, 5.74) is 1.97. The Labute approximate surface area is 119 Å². The van der Waals surface area contributed by atoms with E-state index < -0.39 is 0 Å². The van der Waals surface area contributed by atoms with Crippen LogP contribution in [0.3, 0.4) is 0 Å². The molecule has 1 aromatic carbocycles. The minimum Gasteiger partial charge on any atom is -0.368 e. The number of aromatic nitrogens is 2. The number of hydrogen-bond donors (Lipinski definition) is 1. The number of benzene rings is 1. The van der Waals surface area contributed by atoms with Crippen LogP contribution in [-0.2, 0) is 0 Å². The first-order valence-corrected chi connectivity index (χ1v) is 7.28. The van der Waals surface area contributed by atoms with E-state index in [1.807, 2.05) is 24.3 Å². The lowest BCUT2D eigenvalue weighted by Gasteiger charge is -2.29. The van der Waals surface area contributed by atoms with E-state index in [1.165, 1.54) is 0 Å². The summed E-state index contributed by atoms with van der Waals surface area (Å²) < 4.78 is 0. The Kier molecular flexibility index (Phi) is 4.59. The molecule has 1 N–H and O–H groups in total. The molecule has 0 radical (unpaired) electrons. The summed E-state index contributed by atoms with van der Waals surface area (Å²) in [6, 6.07) is 7.88. The predicted molar refractivity (Wildman–Crippen MR) is 81.8 cm³/mol. The van der Waals surface area contributed by atoms with E-state index in [0.717, 1.165) is 36.2 Å². The number of rotatable bonds is 6. The van der Waals surface area contributed by atoms with E-state index >= 15 is 0 Å². The van der Waals surface area contributed by atoms with Crippen molar-refractivity contribution in [3.63, 3.8) is 0 Å². The number of nitrogens with one attached hydrogen (secondary N) is 1. The van der Waals surface area contributed by atoms with Gasteiger partial charge in [0, 0.05) is 17.8 Å². The predicted octanol–water partition coefficient (Wildman–Crippen LogP) is 4.09. The van der Waals surface area contributed by atoms with Crippen molar-refractivity contribution in [3.8, 4) is 0 Å². The second-order valence-electron chi connectivity index (χ2n) is 4.94. The fraction of sp³-hybridized carbons (Fsp3) is 0.467. The van der Waals surface area contributed by atoms with Gasteiger partial charge in [-0.1, -0.05) is 26.0 Å². The van der Waals surface area contributed by atoms with Crippen LogP contribution in [0.4, 0.5) is 5.82 Å². The molecule has 2 rings (SSSR count). The molecular formula is C15H20ClN3. The highest BCUT2D eigenvalue weighted by Gasteiger charge is 2.24. The molecule has 19 heavy (non-hydrogen) atoms. The number of para-hydroxylation sites is 2. The molecular weight excluding hydrogens is 258 g/mol. The maximum atomic E-state index is 6.11. The smallest absolute Gasteiger partial charge is 0.145 e. The molecule has 102 valence electrons. The second-order valence-corrected chi connectivity index (χ2v) is 5.21. The first-order chi connectivity index (χ1) is 9.23. The van der Waals surface area contributed by atoms with Crippen LogP contribution in [0.25, 0.3) is 11.0 Å². The van der Waals surface area contributed by atoms with Gasteiger partial charge in [0.25, 0.3) is 0 Å². The first-order valence-electron chi connectivity index (χ1n) is 6.74. The molecule has 3 nitrogen and oxygen atoms in total. The van der Waals surface area contributed by atoms with E-state index in [4.69, 9.17) is 11.6 Å². The van der Waals surface area contributed by atoms with E-state index in [0.29, 0.717) is 5.88 Å². The van der Waals surface area contributed by atoms with Crippen molar-refractivity contribution in [2.24, 2.45) is 5.41 Å². The number of halogens is 1. The van der Waals surface area contributed by atoms with Crippen molar-refractivity contribution in [2.45, 2.75) is 26.7 Å². The van der Waals surface area contributed by atoms with Crippen LogP contribution in [0.15, 0.2) is 30.5 Å². The lowest BCUT2D eigenvalue weighted by Crippen LogP contribution is -2.30.